The van der Waals surface area contributed by atoms with Gasteiger partial charge >= 0.3 is 0 Å². The Labute approximate surface area is 161 Å². The van der Waals surface area contributed by atoms with Crippen molar-refractivity contribution in [3.8, 4) is 0 Å². The normalized spacial score (nSPS) is 19.7. The van der Waals surface area contributed by atoms with Crippen LogP contribution in [0.2, 0.25) is 0 Å². The zero-order chi connectivity index (χ0) is 19.0. The highest BCUT2D eigenvalue weighted by Gasteiger charge is 2.32. The molecule has 2 aliphatic rings. The van der Waals surface area contributed by atoms with Crippen LogP contribution in [0.5, 0.6) is 0 Å². The number of amides is 2. The number of aromatic nitrogens is 2. The molecular formula is C19H22N4O3S. The number of carbonyl (C=O) groups is 2. The fourth-order valence-corrected chi connectivity index (χ4v) is 4.57. The number of H-pyrrole nitrogens is 1. The topological polar surface area (TPSA) is 86.4 Å². The lowest BCUT2D eigenvalue weighted by atomic mass is 10.00. The van der Waals surface area contributed by atoms with Gasteiger partial charge in [-0.25, -0.2) is 4.98 Å². The lowest BCUT2D eigenvalue weighted by Crippen LogP contribution is -2.42. The molecule has 2 aromatic heterocycles. The number of carbonyl (C=O) groups excluding carboxylic acids is 2. The molecule has 0 radical (unpaired) electrons. The Hall–Kier alpha value is -2.48. The molecule has 142 valence electrons. The molecule has 27 heavy (non-hydrogen) atoms. The van der Waals surface area contributed by atoms with Crippen molar-refractivity contribution in [2.24, 2.45) is 0 Å². The quantitative estimate of drug-likeness (QED) is 0.856. The van der Waals surface area contributed by atoms with Crippen LogP contribution in [0, 0.1) is 0 Å². The van der Waals surface area contributed by atoms with Gasteiger partial charge in [0.05, 0.1) is 23.2 Å². The number of nitrogens with zero attached hydrogens (tertiary/aromatic N) is 3. The minimum atomic E-state index is -0.237. The van der Waals surface area contributed by atoms with Crippen molar-refractivity contribution in [2.75, 3.05) is 13.1 Å². The summed E-state index contributed by atoms with van der Waals surface area (Å²) in [5.74, 6) is 0.505. The third-order valence-corrected chi connectivity index (χ3v) is 6.21. The van der Waals surface area contributed by atoms with E-state index in [0.717, 1.165) is 19.3 Å². The molecule has 0 spiro atoms. The molecule has 0 unspecified atom stereocenters. The standard InChI is InChI=1S/C19H22N4O3S/c1-12(24)22-9-7-13-14(11-22)20-17(21-18(13)25)15-5-2-3-8-23(15)19(26)16-6-4-10-27-16/h4,6,10,15H,2-3,5,7-9,11H2,1H3,(H,20,21,25)/t15-/m0/s1. The number of nitrogens with one attached hydrogen (secondary N) is 1. The minimum absolute atomic E-state index is 0.0135. The predicted molar refractivity (Wildman–Crippen MR) is 102 cm³/mol. The number of hydrogen-bond acceptors (Lipinski definition) is 5. The maximum absolute atomic E-state index is 12.9. The molecule has 8 heteroatoms. The predicted octanol–water partition coefficient (Wildman–Crippen LogP) is 2.10. The molecular weight excluding hydrogens is 364 g/mol. The lowest BCUT2D eigenvalue weighted by molar-refractivity contribution is -0.129. The van der Waals surface area contributed by atoms with E-state index in [1.54, 1.807) is 4.90 Å². The van der Waals surface area contributed by atoms with Gasteiger partial charge < -0.3 is 14.8 Å². The second-order valence-corrected chi connectivity index (χ2v) is 8.00. The van der Waals surface area contributed by atoms with E-state index < -0.39 is 0 Å². The molecule has 0 saturated carbocycles. The smallest absolute Gasteiger partial charge is 0.264 e. The van der Waals surface area contributed by atoms with Gasteiger partial charge in [-0.05, 0) is 37.1 Å². The van der Waals surface area contributed by atoms with Gasteiger partial charge in [0.1, 0.15) is 5.82 Å². The Morgan fingerprint density at radius 2 is 2.15 bits per heavy atom. The summed E-state index contributed by atoms with van der Waals surface area (Å²) in [4.78, 5) is 49.1. The summed E-state index contributed by atoms with van der Waals surface area (Å²) < 4.78 is 0. The second kappa shape index (κ2) is 7.26. The first-order valence-electron chi connectivity index (χ1n) is 9.26. The van der Waals surface area contributed by atoms with Crippen molar-refractivity contribution in [1.82, 2.24) is 19.8 Å². The molecule has 2 aliphatic heterocycles. The van der Waals surface area contributed by atoms with Crippen LogP contribution >= 0.6 is 11.3 Å². The van der Waals surface area contributed by atoms with E-state index >= 15 is 0 Å². The maximum Gasteiger partial charge on any atom is 0.264 e. The molecule has 7 nitrogen and oxygen atoms in total. The number of piperidine rings is 1. The van der Waals surface area contributed by atoms with E-state index in [9.17, 15) is 14.4 Å². The summed E-state index contributed by atoms with van der Waals surface area (Å²) in [5.41, 5.74) is 1.17. The first kappa shape index (κ1) is 17.9. The number of aromatic amines is 1. The zero-order valence-corrected chi connectivity index (χ0v) is 16.1. The third kappa shape index (κ3) is 3.41. The van der Waals surface area contributed by atoms with Crippen molar-refractivity contribution in [3.05, 3.63) is 49.8 Å². The molecule has 0 aromatic carbocycles. The summed E-state index contributed by atoms with van der Waals surface area (Å²) in [6.07, 6.45) is 3.22. The Balaban J connectivity index is 1.68. The van der Waals surface area contributed by atoms with Crippen LogP contribution in [0.25, 0.3) is 0 Å². The lowest BCUT2D eigenvalue weighted by Gasteiger charge is -2.35. The Bertz CT molecular complexity index is 922. The van der Waals surface area contributed by atoms with E-state index in [0.29, 0.717) is 48.0 Å². The van der Waals surface area contributed by atoms with Gasteiger partial charge in [0.15, 0.2) is 0 Å². The molecule has 0 aliphatic carbocycles. The number of fused-ring (bicyclic) bond motifs is 1. The minimum Gasteiger partial charge on any atom is -0.337 e. The van der Waals surface area contributed by atoms with Crippen LogP contribution in [-0.4, -0.2) is 44.7 Å². The number of likely N-dealkylation sites (tertiary alicyclic amines) is 1. The van der Waals surface area contributed by atoms with Crippen molar-refractivity contribution in [2.45, 2.75) is 45.2 Å². The van der Waals surface area contributed by atoms with Crippen LogP contribution in [-0.2, 0) is 17.8 Å². The highest BCUT2D eigenvalue weighted by Crippen LogP contribution is 2.31. The largest absolute Gasteiger partial charge is 0.337 e. The Morgan fingerprint density at radius 3 is 2.89 bits per heavy atom. The summed E-state index contributed by atoms with van der Waals surface area (Å²) >= 11 is 1.42. The average molecular weight is 386 g/mol. The molecule has 2 amide bonds. The van der Waals surface area contributed by atoms with Crippen LogP contribution in [0.15, 0.2) is 22.3 Å². The molecule has 4 heterocycles. The summed E-state index contributed by atoms with van der Waals surface area (Å²) in [6.45, 7) is 3.08. The van der Waals surface area contributed by atoms with Crippen LogP contribution in [0.1, 0.15) is 59.0 Å². The van der Waals surface area contributed by atoms with Gasteiger partial charge in [-0.1, -0.05) is 6.07 Å². The maximum atomic E-state index is 12.9. The van der Waals surface area contributed by atoms with E-state index in [1.165, 1.54) is 18.3 Å². The Kier molecular flexibility index (Phi) is 4.82. The summed E-state index contributed by atoms with van der Waals surface area (Å²) in [7, 11) is 0. The Morgan fingerprint density at radius 1 is 1.30 bits per heavy atom. The SMILES string of the molecule is CC(=O)N1CCc2c(nc([C@@H]3CCCCN3C(=O)c3cccs3)[nH]c2=O)C1. The van der Waals surface area contributed by atoms with E-state index in [4.69, 9.17) is 4.98 Å². The van der Waals surface area contributed by atoms with Gasteiger partial charge in [0, 0.05) is 25.6 Å². The molecule has 1 N–H and O–H groups in total. The zero-order valence-electron chi connectivity index (χ0n) is 15.2. The highest BCUT2D eigenvalue weighted by molar-refractivity contribution is 7.12. The van der Waals surface area contributed by atoms with Crippen molar-refractivity contribution in [1.29, 1.82) is 0 Å². The molecule has 0 bridgehead atoms. The van der Waals surface area contributed by atoms with Crippen molar-refractivity contribution in [3.63, 3.8) is 0 Å². The van der Waals surface area contributed by atoms with E-state index in [2.05, 4.69) is 4.98 Å². The molecule has 1 saturated heterocycles. The number of hydrogen-bond donors (Lipinski definition) is 1. The summed E-state index contributed by atoms with van der Waals surface area (Å²) in [5, 5.41) is 1.89. The molecule has 1 fully saturated rings. The van der Waals surface area contributed by atoms with E-state index in [1.807, 2.05) is 22.4 Å². The average Bonchev–Trinajstić information content (AvgIpc) is 3.21. The first-order chi connectivity index (χ1) is 13.0. The molecule has 1 atom stereocenters. The van der Waals surface area contributed by atoms with Gasteiger partial charge in [-0.2, -0.15) is 0 Å². The van der Waals surface area contributed by atoms with Crippen LogP contribution in [0.3, 0.4) is 0 Å². The third-order valence-electron chi connectivity index (χ3n) is 5.35. The highest BCUT2D eigenvalue weighted by atomic mass is 32.1. The fraction of sp³-hybridized carbons (Fsp3) is 0.474. The summed E-state index contributed by atoms with van der Waals surface area (Å²) in [6, 6.07) is 3.46. The fourth-order valence-electron chi connectivity index (χ4n) is 3.89. The van der Waals surface area contributed by atoms with Gasteiger partial charge in [0.25, 0.3) is 11.5 Å². The number of rotatable bonds is 2. The first-order valence-corrected chi connectivity index (χ1v) is 10.1. The van der Waals surface area contributed by atoms with Crippen LogP contribution in [0.4, 0.5) is 0 Å². The van der Waals surface area contributed by atoms with Gasteiger partial charge in [-0.3, -0.25) is 14.4 Å². The van der Waals surface area contributed by atoms with Gasteiger partial charge in [-0.15, -0.1) is 11.3 Å². The monoisotopic (exact) mass is 386 g/mol. The second-order valence-electron chi connectivity index (χ2n) is 7.05. The van der Waals surface area contributed by atoms with Gasteiger partial charge in [0.2, 0.25) is 5.91 Å². The van der Waals surface area contributed by atoms with Crippen molar-refractivity contribution < 1.29 is 9.59 Å². The molecule has 2 aromatic rings. The van der Waals surface area contributed by atoms with Crippen LogP contribution < -0.4 is 5.56 Å². The number of thiophene rings is 1. The van der Waals surface area contributed by atoms with E-state index in [-0.39, 0.29) is 23.4 Å². The van der Waals surface area contributed by atoms with Crippen molar-refractivity contribution >= 4 is 23.2 Å². The molecule has 4 rings (SSSR count).